The van der Waals surface area contributed by atoms with E-state index in [1.54, 1.807) is 12.1 Å². The number of carbonyl (C=O) groups excluding carboxylic acids is 1. The second kappa shape index (κ2) is 11.6. The number of likely N-dealkylation sites (tertiary alicyclic amines) is 1. The minimum absolute atomic E-state index is 0. The first kappa shape index (κ1) is 22.9. The maximum atomic E-state index is 13.3. The smallest absolute Gasteiger partial charge is 0.225 e. The van der Waals surface area contributed by atoms with Gasteiger partial charge < -0.3 is 15.5 Å². The number of hydrogen-bond acceptors (Lipinski definition) is 2. The summed E-state index contributed by atoms with van der Waals surface area (Å²) < 4.78 is 13.3. The lowest BCUT2D eigenvalue weighted by molar-refractivity contribution is -0.134. The molecule has 0 bridgehead atoms. The Labute approximate surface area is 184 Å². The lowest BCUT2D eigenvalue weighted by Gasteiger charge is -2.21. The van der Waals surface area contributed by atoms with Gasteiger partial charge in [-0.2, -0.15) is 0 Å². The van der Waals surface area contributed by atoms with Crippen molar-refractivity contribution in [2.45, 2.75) is 51.5 Å². The van der Waals surface area contributed by atoms with Gasteiger partial charge in [-0.1, -0.05) is 25.0 Å². The number of rotatable bonds is 6. The molecule has 0 radical (unpaired) electrons. The van der Waals surface area contributed by atoms with E-state index in [1.807, 2.05) is 17.9 Å². The fourth-order valence-electron chi connectivity index (χ4n) is 4.01. The summed E-state index contributed by atoms with van der Waals surface area (Å²) in [6.45, 7) is 4.99. The Hall–Kier alpha value is -1.38. The highest BCUT2D eigenvalue weighted by atomic mass is 127. The van der Waals surface area contributed by atoms with Crippen LogP contribution in [-0.4, -0.2) is 49.0 Å². The first-order chi connectivity index (χ1) is 13.2. The topological polar surface area (TPSA) is 56.7 Å². The van der Waals surface area contributed by atoms with Crippen molar-refractivity contribution in [3.05, 3.63) is 35.6 Å². The highest BCUT2D eigenvalue weighted by Crippen LogP contribution is 2.27. The van der Waals surface area contributed by atoms with Gasteiger partial charge in [-0.15, -0.1) is 24.0 Å². The lowest BCUT2D eigenvalue weighted by atomic mass is 10.1. The first-order valence-electron chi connectivity index (χ1n) is 10.2. The summed E-state index contributed by atoms with van der Waals surface area (Å²) in [6, 6.07) is 6.90. The molecule has 3 rings (SSSR count). The Morgan fingerprint density at radius 1 is 1.29 bits per heavy atom. The fourth-order valence-corrected chi connectivity index (χ4v) is 4.01. The van der Waals surface area contributed by atoms with Crippen molar-refractivity contribution in [2.24, 2.45) is 10.9 Å². The predicted molar refractivity (Wildman–Crippen MR) is 122 cm³/mol. The van der Waals surface area contributed by atoms with Crippen LogP contribution in [0.15, 0.2) is 29.3 Å². The van der Waals surface area contributed by atoms with Crippen molar-refractivity contribution in [1.82, 2.24) is 15.5 Å². The minimum Gasteiger partial charge on any atom is -0.357 e. The molecule has 1 unspecified atom stereocenters. The van der Waals surface area contributed by atoms with Crippen LogP contribution >= 0.6 is 24.0 Å². The molecule has 1 heterocycles. The third-order valence-corrected chi connectivity index (χ3v) is 5.45. The number of halogens is 2. The third-order valence-electron chi connectivity index (χ3n) is 5.45. The van der Waals surface area contributed by atoms with Crippen LogP contribution in [0.4, 0.5) is 4.39 Å². The molecule has 0 spiro atoms. The van der Waals surface area contributed by atoms with E-state index in [0.717, 1.165) is 50.4 Å². The van der Waals surface area contributed by atoms with Gasteiger partial charge >= 0.3 is 0 Å². The summed E-state index contributed by atoms with van der Waals surface area (Å²) in [4.78, 5) is 19.2. The maximum absolute atomic E-state index is 13.3. The molecule has 7 heteroatoms. The summed E-state index contributed by atoms with van der Waals surface area (Å²) in [6.07, 6.45) is 6.14. The molecule has 1 saturated heterocycles. The van der Waals surface area contributed by atoms with E-state index >= 15 is 0 Å². The average Bonchev–Trinajstić information content (AvgIpc) is 3.33. The standard InChI is InChI=1S/C21H31FN4O.HI/c1-2-23-21(24-12-10-16-6-5-9-18(22)14-16)25-19-11-13-26(15-19)20(27)17-7-3-4-8-17;/h5-6,9,14,17,19H,2-4,7-8,10-13,15H2,1H3,(H2,23,24,25);1H. The molecule has 156 valence electrons. The van der Waals surface area contributed by atoms with Crippen LogP contribution in [0.3, 0.4) is 0 Å². The van der Waals surface area contributed by atoms with E-state index in [9.17, 15) is 9.18 Å². The highest BCUT2D eigenvalue weighted by Gasteiger charge is 2.32. The van der Waals surface area contributed by atoms with E-state index in [1.165, 1.54) is 18.9 Å². The Kier molecular flexibility index (Phi) is 9.47. The second-order valence-electron chi connectivity index (χ2n) is 7.54. The zero-order valence-corrected chi connectivity index (χ0v) is 19.0. The van der Waals surface area contributed by atoms with E-state index in [2.05, 4.69) is 15.6 Å². The molecule has 2 aliphatic rings. The molecule has 2 N–H and O–H groups in total. The largest absolute Gasteiger partial charge is 0.357 e. The van der Waals surface area contributed by atoms with E-state index in [0.29, 0.717) is 18.9 Å². The summed E-state index contributed by atoms with van der Waals surface area (Å²) in [7, 11) is 0. The van der Waals surface area contributed by atoms with E-state index in [-0.39, 0.29) is 41.8 Å². The van der Waals surface area contributed by atoms with Crippen LogP contribution < -0.4 is 10.6 Å². The molecule has 0 aromatic heterocycles. The summed E-state index contributed by atoms with van der Waals surface area (Å²) >= 11 is 0. The van der Waals surface area contributed by atoms with Crippen molar-refractivity contribution in [1.29, 1.82) is 0 Å². The number of guanidine groups is 1. The molecule has 1 amide bonds. The Balaban J connectivity index is 0.00000280. The quantitative estimate of drug-likeness (QED) is 0.357. The van der Waals surface area contributed by atoms with Crippen molar-refractivity contribution < 1.29 is 9.18 Å². The molecule has 2 fully saturated rings. The van der Waals surface area contributed by atoms with Gasteiger partial charge in [0.05, 0.1) is 0 Å². The molecule has 1 aromatic rings. The van der Waals surface area contributed by atoms with E-state index in [4.69, 9.17) is 0 Å². The fraction of sp³-hybridized carbons (Fsp3) is 0.619. The van der Waals surface area contributed by atoms with Crippen LogP contribution in [0, 0.1) is 11.7 Å². The zero-order valence-electron chi connectivity index (χ0n) is 16.6. The number of aliphatic imine (C=N–C) groups is 1. The molecular formula is C21H32FIN4O. The highest BCUT2D eigenvalue weighted by molar-refractivity contribution is 14.0. The molecule has 1 aromatic carbocycles. The van der Waals surface area contributed by atoms with Crippen molar-refractivity contribution >= 4 is 35.8 Å². The monoisotopic (exact) mass is 502 g/mol. The summed E-state index contributed by atoms with van der Waals surface area (Å²) in [5.74, 6) is 1.15. The Morgan fingerprint density at radius 2 is 2.07 bits per heavy atom. The number of hydrogen-bond donors (Lipinski definition) is 2. The molecule has 1 aliphatic carbocycles. The first-order valence-corrected chi connectivity index (χ1v) is 10.2. The third kappa shape index (κ3) is 6.60. The molecule has 1 saturated carbocycles. The van der Waals surface area contributed by atoms with Gasteiger partial charge in [0.1, 0.15) is 5.82 Å². The number of benzene rings is 1. The number of carbonyl (C=O) groups is 1. The van der Waals surface area contributed by atoms with Crippen LogP contribution in [0.25, 0.3) is 0 Å². The van der Waals surface area contributed by atoms with Crippen LogP contribution in [0.5, 0.6) is 0 Å². The Bertz CT molecular complexity index is 664. The summed E-state index contributed by atoms with van der Waals surface area (Å²) in [5, 5.41) is 6.73. The van der Waals surface area contributed by atoms with Gasteiger partial charge in [0.25, 0.3) is 0 Å². The average molecular weight is 502 g/mol. The number of amides is 1. The van der Waals surface area contributed by atoms with Gasteiger partial charge in [0.15, 0.2) is 5.96 Å². The van der Waals surface area contributed by atoms with Gasteiger partial charge in [-0.25, -0.2) is 4.39 Å². The number of nitrogens with one attached hydrogen (secondary N) is 2. The summed E-state index contributed by atoms with van der Waals surface area (Å²) in [5.41, 5.74) is 0.948. The molecular weight excluding hydrogens is 470 g/mol. The second-order valence-corrected chi connectivity index (χ2v) is 7.54. The van der Waals surface area contributed by atoms with Crippen molar-refractivity contribution in [2.75, 3.05) is 26.2 Å². The normalized spacial score (nSPS) is 20.1. The molecule has 1 atom stereocenters. The van der Waals surface area contributed by atoms with Crippen molar-refractivity contribution in [3.8, 4) is 0 Å². The minimum atomic E-state index is -0.209. The molecule has 5 nitrogen and oxygen atoms in total. The van der Waals surface area contributed by atoms with Crippen LogP contribution in [0.1, 0.15) is 44.6 Å². The van der Waals surface area contributed by atoms with Crippen LogP contribution in [-0.2, 0) is 11.2 Å². The van der Waals surface area contributed by atoms with Gasteiger partial charge in [0.2, 0.25) is 5.91 Å². The SMILES string of the molecule is CCNC(=NCCc1cccc(F)c1)NC1CCN(C(=O)C2CCCC2)C1.I. The maximum Gasteiger partial charge on any atom is 0.225 e. The van der Waals surface area contributed by atoms with Crippen LogP contribution in [0.2, 0.25) is 0 Å². The van der Waals surface area contributed by atoms with Gasteiger partial charge in [-0.3, -0.25) is 9.79 Å². The molecule has 1 aliphatic heterocycles. The lowest BCUT2D eigenvalue weighted by Crippen LogP contribution is -2.45. The Morgan fingerprint density at radius 3 is 2.79 bits per heavy atom. The predicted octanol–water partition coefficient (Wildman–Crippen LogP) is 3.33. The van der Waals surface area contributed by atoms with Gasteiger partial charge in [-0.05, 0) is 50.3 Å². The molecule has 28 heavy (non-hydrogen) atoms. The van der Waals surface area contributed by atoms with E-state index < -0.39 is 0 Å². The number of nitrogens with zero attached hydrogens (tertiary/aromatic N) is 2. The van der Waals surface area contributed by atoms with Crippen molar-refractivity contribution in [3.63, 3.8) is 0 Å². The zero-order chi connectivity index (χ0) is 19.1. The van der Waals surface area contributed by atoms with Gasteiger partial charge in [0, 0.05) is 38.1 Å².